The number of para-hydroxylation sites is 2. The number of nitrogens with one attached hydrogen (secondary N) is 1. The van der Waals surface area contributed by atoms with Gasteiger partial charge in [0.1, 0.15) is 11.5 Å². The summed E-state index contributed by atoms with van der Waals surface area (Å²) in [6, 6.07) is 16.7. The minimum Gasteiger partial charge on any atom is -0.456 e. The Balaban J connectivity index is 2.34. The highest BCUT2D eigenvalue weighted by atomic mass is 32.2. The van der Waals surface area contributed by atoms with Crippen molar-refractivity contribution in [1.29, 1.82) is 0 Å². The van der Waals surface area contributed by atoms with Gasteiger partial charge in [0.15, 0.2) is 0 Å². The Bertz CT molecular complexity index is 552. The minimum absolute atomic E-state index is 0.313. The Kier molecular flexibility index (Phi) is 5.50. The van der Waals surface area contributed by atoms with Crippen molar-refractivity contribution in [2.45, 2.75) is 24.3 Å². The van der Waals surface area contributed by atoms with E-state index in [0.29, 0.717) is 6.04 Å². The third-order valence-corrected chi connectivity index (χ3v) is 4.12. The second-order valence-electron chi connectivity index (χ2n) is 4.54. The average molecular weight is 287 g/mol. The number of thioether (sulfide) groups is 1. The number of rotatable bonds is 6. The quantitative estimate of drug-likeness (QED) is 0.766. The van der Waals surface area contributed by atoms with Gasteiger partial charge in [-0.15, -0.1) is 11.8 Å². The first-order valence-electron chi connectivity index (χ1n) is 6.87. The van der Waals surface area contributed by atoms with E-state index < -0.39 is 0 Å². The summed E-state index contributed by atoms with van der Waals surface area (Å²) in [5.41, 5.74) is 1.20. The van der Waals surface area contributed by atoms with Crippen LogP contribution < -0.4 is 10.1 Å². The van der Waals surface area contributed by atoms with Crippen LogP contribution in [0.1, 0.15) is 24.9 Å². The summed E-state index contributed by atoms with van der Waals surface area (Å²) >= 11 is 1.70. The van der Waals surface area contributed by atoms with Gasteiger partial charge in [-0.25, -0.2) is 0 Å². The minimum atomic E-state index is 0.313. The lowest BCUT2D eigenvalue weighted by Gasteiger charge is -2.19. The van der Waals surface area contributed by atoms with Crippen LogP contribution in [0.15, 0.2) is 53.4 Å². The van der Waals surface area contributed by atoms with Crippen molar-refractivity contribution in [3.63, 3.8) is 0 Å². The van der Waals surface area contributed by atoms with Gasteiger partial charge in [-0.3, -0.25) is 0 Å². The Morgan fingerprint density at radius 1 is 1.05 bits per heavy atom. The largest absolute Gasteiger partial charge is 0.456 e. The molecule has 0 aliphatic heterocycles. The highest BCUT2D eigenvalue weighted by Crippen LogP contribution is 2.35. The molecule has 20 heavy (non-hydrogen) atoms. The molecule has 1 N–H and O–H groups in total. The van der Waals surface area contributed by atoms with E-state index in [-0.39, 0.29) is 0 Å². The molecule has 0 spiro atoms. The maximum Gasteiger partial charge on any atom is 0.140 e. The molecule has 2 aromatic rings. The summed E-state index contributed by atoms with van der Waals surface area (Å²) in [7, 11) is 1.99. The van der Waals surface area contributed by atoms with Crippen LogP contribution in [0.25, 0.3) is 0 Å². The van der Waals surface area contributed by atoms with Crippen LogP contribution in [0.3, 0.4) is 0 Å². The van der Waals surface area contributed by atoms with Crippen LogP contribution in [0, 0.1) is 0 Å². The summed E-state index contributed by atoms with van der Waals surface area (Å²) < 4.78 is 6.16. The molecule has 1 atom stereocenters. The zero-order valence-corrected chi connectivity index (χ0v) is 13.0. The van der Waals surface area contributed by atoms with E-state index in [1.807, 2.05) is 37.4 Å². The van der Waals surface area contributed by atoms with E-state index in [0.717, 1.165) is 22.8 Å². The van der Waals surface area contributed by atoms with Crippen LogP contribution in [0.4, 0.5) is 0 Å². The SMILES string of the molecule is CCC(NC)c1ccccc1Oc1ccccc1SC. The molecular weight excluding hydrogens is 266 g/mol. The lowest BCUT2D eigenvalue weighted by Crippen LogP contribution is -2.15. The Morgan fingerprint density at radius 3 is 2.35 bits per heavy atom. The van der Waals surface area contributed by atoms with Crippen molar-refractivity contribution in [3.05, 3.63) is 54.1 Å². The van der Waals surface area contributed by atoms with Gasteiger partial charge in [-0.1, -0.05) is 37.3 Å². The van der Waals surface area contributed by atoms with E-state index in [1.165, 1.54) is 5.56 Å². The Labute approximate surface area is 125 Å². The monoisotopic (exact) mass is 287 g/mol. The highest BCUT2D eigenvalue weighted by molar-refractivity contribution is 7.98. The molecule has 0 fully saturated rings. The van der Waals surface area contributed by atoms with Gasteiger partial charge in [0, 0.05) is 16.5 Å². The van der Waals surface area contributed by atoms with Crippen LogP contribution in [0.5, 0.6) is 11.5 Å². The molecule has 2 rings (SSSR count). The van der Waals surface area contributed by atoms with Crippen molar-refractivity contribution < 1.29 is 4.74 Å². The van der Waals surface area contributed by atoms with Gasteiger partial charge in [0.05, 0.1) is 0 Å². The maximum absolute atomic E-state index is 6.16. The summed E-state index contributed by atoms with van der Waals surface area (Å²) in [5.74, 6) is 1.84. The predicted molar refractivity (Wildman–Crippen MR) is 86.8 cm³/mol. The first-order chi connectivity index (χ1) is 9.80. The van der Waals surface area contributed by atoms with Crippen molar-refractivity contribution in [2.75, 3.05) is 13.3 Å². The molecule has 0 saturated heterocycles. The first kappa shape index (κ1) is 14.9. The first-order valence-corrected chi connectivity index (χ1v) is 8.09. The highest BCUT2D eigenvalue weighted by Gasteiger charge is 2.13. The molecule has 0 aliphatic rings. The van der Waals surface area contributed by atoms with E-state index >= 15 is 0 Å². The fraction of sp³-hybridized carbons (Fsp3) is 0.294. The van der Waals surface area contributed by atoms with E-state index in [1.54, 1.807) is 11.8 Å². The summed E-state index contributed by atoms with van der Waals surface area (Å²) in [4.78, 5) is 1.15. The molecule has 2 aromatic carbocycles. The van der Waals surface area contributed by atoms with Crippen LogP contribution in [-0.2, 0) is 0 Å². The zero-order chi connectivity index (χ0) is 14.4. The third kappa shape index (κ3) is 3.35. The standard InChI is InChI=1S/C17H21NOS/c1-4-14(18-2)13-9-5-6-10-15(13)19-16-11-7-8-12-17(16)20-3/h5-12,14,18H,4H2,1-3H3. The molecule has 0 heterocycles. The third-order valence-electron chi connectivity index (χ3n) is 3.34. The smallest absolute Gasteiger partial charge is 0.140 e. The summed E-state index contributed by atoms with van der Waals surface area (Å²) in [6.07, 6.45) is 3.09. The van der Waals surface area contributed by atoms with Crippen molar-refractivity contribution in [1.82, 2.24) is 5.32 Å². The molecule has 0 bridgehead atoms. The van der Waals surface area contributed by atoms with Crippen LogP contribution in [-0.4, -0.2) is 13.3 Å². The Morgan fingerprint density at radius 2 is 1.70 bits per heavy atom. The zero-order valence-electron chi connectivity index (χ0n) is 12.2. The van der Waals surface area contributed by atoms with Gasteiger partial charge < -0.3 is 10.1 Å². The lowest BCUT2D eigenvalue weighted by atomic mass is 10.0. The van der Waals surface area contributed by atoms with Crippen LogP contribution in [0.2, 0.25) is 0 Å². The topological polar surface area (TPSA) is 21.3 Å². The van der Waals surface area contributed by atoms with Gasteiger partial charge >= 0.3 is 0 Å². The molecule has 0 saturated carbocycles. The molecule has 0 radical (unpaired) electrons. The molecule has 106 valence electrons. The average Bonchev–Trinajstić information content (AvgIpc) is 2.50. The number of ether oxygens (including phenoxy) is 1. The van der Waals surface area contributed by atoms with Crippen LogP contribution >= 0.6 is 11.8 Å². The molecule has 0 aliphatic carbocycles. The molecular formula is C17H21NOS. The van der Waals surface area contributed by atoms with E-state index in [4.69, 9.17) is 4.74 Å². The molecule has 2 nitrogen and oxygen atoms in total. The molecule has 0 amide bonds. The second-order valence-corrected chi connectivity index (χ2v) is 5.39. The maximum atomic E-state index is 6.16. The van der Waals surface area contributed by atoms with Gasteiger partial charge in [0.2, 0.25) is 0 Å². The van der Waals surface area contributed by atoms with E-state index in [9.17, 15) is 0 Å². The van der Waals surface area contributed by atoms with Crippen molar-refractivity contribution >= 4 is 11.8 Å². The second kappa shape index (κ2) is 7.36. The number of hydrogen-bond acceptors (Lipinski definition) is 3. The van der Waals surface area contributed by atoms with Gasteiger partial charge in [0.25, 0.3) is 0 Å². The van der Waals surface area contributed by atoms with Gasteiger partial charge in [-0.05, 0) is 37.9 Å². The summed E-state index contributed by atoms with van der Waals surface area (Å²) in [6.45, 7) is 2.17. The molecule has 3 heteroatoms. The number of hydrogen-bond donors (Lipinski definition) is 1. The predicted octanol–water partition coefficient (Wildman–Crippen LogP) is 4.87. The number of benzene rings is 2. The molecule has 0 aromatic heterocycles. The lowest BCUT2D eigenvalue weighted by molar-refractivity contribution is 0.450. The normalized spacial score (nSPS) is 12.2. The van der Waals surface area contributed by atoms with Gasteiger partial charge in [-0.2, -0.15) is 0 Å². The van der Waals surface area contributed by atoms with E-state index in [2.05, 4.69) is 36.7 Å². The Hall–Kier alpha value is -1.45. The summed E-state index contributed by atoms with van der Waals surface area (Å²) in [5, 5.41) is 3.34. The van der Waals surface area contributed by atoms with Crippen molar-refractivity contribution in [3.8, 4) is 11.5 Å². The fourth-order valence-electron chi connectivity index (χ4n) is 2.26. The fourth-order valence-corrected chi connectivity index (χ4v) is 2.79. The molecule has 1 unspecified atom stereocenters. The van der Waals surface area contributed by atoms with Crippen molar-refractivity contribution in [2.24, 2.45) is 0 Å².